The van der Waals surface area contributed by atoms with Gasteiger partial charge in [-0.05, 0) is 53.5 Å². The molecule has 0 atom stereocenters. The van der Waals surface area contributed by atoms with Crippen molar-refractivity contribution < 1.29 is 0 Å². The van der Waals surface area contributed by atoms with Gasteiger partial charge >= 0.3 is 0 Å². The summed E-state index contributed by atoms with van der Waals surface area (Å²) in [5, 5.41) is 0. The van der Waals surface area contributed by atoms with Crippen LogP contribution in [0.1, 0.15) is 31.9 Å². The zero-order valence-corrected chi connectivity index (χ0v) is 13.5. The smallest absolute Gasteiger partial charge is 0.0889 e. The van der Waals surface area contributed by atoms with Gasteiger partial charge in [-0.3, -0.25) is 9.97 Å². The molecule has 2 aromatic rings. The number of hydrogen-bond donors (Lipinski definition) is 0. The predicted molar refractivity (Wildman–Crippen MR) is 87.8 cm³/mol. The van der Waals surface area contributed by atoms with Gasteiger partial charge in [0.15, 0.2) is 0 Å². The van der Waals surface area contributed by atoms with Crippen LogP contribution in [0.5, 0.6) is 0 Å². The first-order valence-electron chi connectivity index (χ1n) is 6.87. The van der Waals surface area contributed by atoms with Gasteiger partial charge < -0.3 is 0 Å². The maximum atomic E-state index is 4.47. The lowest BCUT2D eigenvalue weighted by Gasteiger charge is -2.18. The first-order chi connectivity index (χ1) is 9.48. The van der Waals surface area contributed by atoms with Crippen molar-refractivity contribution in [3.05, 3.63) is 47.8 Å². The first-order valence-corrected chi connectivity index (χ1v) is 8.26. The highest BCUT2D eigenvalue weighted by Crippen LogP contribution is 2.23. The van der Waals surface area contributed by atoms with Crippen LogP contribution in [0.25, 0.3) is 11.4 Å². The molecule has 0 aliphatic carbocycles. The Kier molecular flexibility index (Phi) is 4.81. The van der Waals surface area contributed by atoms with E-state index in [0.717, 1.165) is 23.6 Å². The molecule has 0 saturated heterocycles. The normalized spacial score (nSPS) is 11.6. The second-order valence-corrected chi connectivity index (χ2v) is 7.14. The van der Waals surface area contributed by atoms with Crippen molar-refractivity contribution in [1.82, 2.24) is 9.97 Å². The van der Waals surface area contributed by atoms with Crippen LogP contribution in [-0.2, 0) is 12.2 Å². The zero-order chi connectivity index (χ0) is 14.6. The van der Waals surface area contributed by atoms with Gasteiger partial charge in [0, 0.05) is 18.1 Å². The van der Waals surface area contributed by atoms with E-state index in [1.165, 1.54) is 11.1 Å². The van der Waals surface area contributed by atoms with E-state index < -0.39 is 0 Å². The SMILES string of the molecule is CSCc1ccnc(-c2cc(CC(C)(C)C)ccn2)c1. The molecule has 20 heavy (non-hydrogen) atoms. The van der Waals surface area contributed by atoms with Gasteiger partial charge in [0.2, 0.25) is 0 Å². The molecule has 0 aliphatic rings. The molecule has 106 valence electrons. The van der Waals surface area contributed by atoms with Gasteiger partial charge in [-0.25, -0.2) is 0 Å². The first kappa shape index (κ1) is 15.0. The Labute approximate surface area is 126 Å². The van der Waals surface area contributed by atoms with Gasteiger partial charge in [0.25, 0.3) is 0 Å². The quantitative estimate of drug-likeness (QED) is 0.821. The summed E-state index contributed by atoms with van der Waals surface area (Å²) in [6, 6.07) is 8.47. The Morgan fingerprint density at radius 2 is 1.50 bits per heavy atom. The van der Waals surface area contributed by atoms with Crippen molar-refractivity contribution in [3.63, 3.8) is 0 Å². The van der Waals surface area contributed by atoms with Crippen LogP contribution < -0.4 is 0 Å². The Morgan fingerprint density at radius 1 is 0.950 bits per heavy atom. The molecule has 0 saturated carbocycles. The highest BCUT2D eigenvalue weighted by molar-refractivity contribution is 7.97. The number of pyridine rings is 2. The minimum atomic E-state index is 0.284. The molecule has 0 aliphatic heterocycles. The van der Waals surface area contributed by atoms with Crippen LogP contribution in [0, 0.1) is 5.41 Å². The molecule has 2 nitrogen and oxygen atoms in total. The van der Waals surface area contributed by atoms with Crippen LogP contribution >= 0.6 is 11.8 Å². The third-order valence-electron chi connectivity index (χ3n) is 2.96. The lowest BCUT2D eigenvalue weighted by atomic mass is 9.88. The number of nitrogens with zero attached hydrogens (tertiary/aromatic N) is 2. The molecule has 0 bridgehead atoms. The summed E-state index contributed by atoms with van der Waals surface area (Å²) >= 11 is 1.82. The van der Waals surface area contributed by atoms with Crippen LogP contribution in [0.15, 0.2) is 36.7 Å². The monoisotopic (exact) mass is 286 g/mol. The summed E-state index contributed by atoms with van der Waals surface area (Å²) in [5.41, 5.74) is 4.83. The summed E-state index contributed by atoms with van der Waals surface area (Å²) in [6.45, 7) is 6.76. The van der Waals surface area contributed by atoms with Crippen LogP contribution in [-0.4, -0.2) is 16.2 Å². The number of thioether (sulfide) groups is 1. The van der Waals surface area contributed by atoms with E-state index in [9.17, 15) is 0 Å². The molecule has 0 aromatic carbocycles. The molecule has 0 radical (unpaired) electrons. The van der Waals surface area contributed by atoms with E-state index in [1.54, 1.807) is 0 Å². The molecule has 2 aromatic heterocycles. The molecule has 3 heteroatoms. The van der Waals surface area contributed by atoms with Crippen LogP contribution in [0.2, 0.25) is 0 Å². The second kappa shape index (κ2) is 6.40. The van der Waals surface area contributed by atoms with E-state index in [-0.39, 0.29) is 5.41 Å². The summed E-state index contributed by atoms with van der Waals surface area (Å²) < 4.78 is 0. The van der Waals surface area contributed by atoms with Crippen LogP contribution in [0.3, 0.4) is 0 Å². The summed E-state index contributed by atoms with van der Waals surface area (Å²) in [6.07, 6.45) is 6.92. The zero-order valence-electron chi connectivity index (χ0n) is 12.7. The minimum absolute atomic E-state index is 0.284. The maximum Gasteiger partial charge on any atom is 0.0889 e. The van der Waals surface area contributed by atoms with Gasteiger partial charge in [-0.2, -0.15) is 11.8 Å². The third kappa shape index (κ3) is 4.34. The average Bonchev–Trinajstić information content (AvgIpc) is 2.38. The molecular weight excluding hydrogens is 264 g/mol. The van der Waals surface area contributed by atoms with Gasteiger partial charge in [0.05, 0.1) is 11.4 Å². The number of rotatable bonds is 4. The molecule has 0 N–H and O–H groups in total. The maximum absolute atomic E-state index is 4.47. The second-order valence-electron chi connectivity index (χ2n) is 6.27. The molecule has 0 spiro atoms. The Balaban J connectivity index is 2.28. The fraction of sp³-hybridized carbons (Fsp3) is 0.412. The molecule has 0 fully saturated rings. The van der Waals surface area contributed by atoms with E-state index in [4.69, 9.17) is 0 Å². The lowest BCUT2D eigenvalue weighted by Crippen LogP contribution is -2.09. The van der Waals surface area contributed by atoms with Crippen molar-refractivity contribution in [1.29, 1.82) is 0 Å². The largest absolute Gasteiger partial charge is 0.255 e. The minimum Gasteiger partial charge on any atom is -0.255 e. The highest BCUT2D eigenvalue weighted by atomic mass is 32.2. The molecule has 2 heterocycles. The Bertz CT molecular complexity index is 573. The summed E-state index contributed by atoms with van der Waals surface area (Å²) in [5.74, 6) is 1.01. The molecule has 0 amide bonds. The van der Waals surface area contributed by atoms with E-state index in [0.29, 0.717) is 0 Å². The van der Waals surface area contributed by atoms with Crippen molar-refractivity contribution in [2.45, 2.75) is 32.9 Å². The standard InChI is InChI=1S/C17H22N2S/c1-17(2,3)11-13-5-7-18-15(9-13)16-10-14(12-20-4)6-8-19-16/h5-10H,11-12H2,1-4H3. The third-order valence-corrected chi connectivity index (χ3v) is 3.58. The average molecular weight is 286 g/mol. The van der Waals surface area contributed by atoms with Crippen molar-refractivity contribution in [3.8, 4) is 11.4 Å². The fourth-order valence-corrected chi connectivity index (χ4v) is 2.72. The molecular formula is C17H22N2S. The van der Waals surface area contributed by atoms with E-state index >= 15 is 0 Å². The molecule has 0 unspecified atom stereocenters. The van der Waals surface area contributed by atoms with Gasteiger partial charge in [-0.15, -0.1) is 0 Å². The summed E-state index contributed by atoms with van der Waals surface area (Å²) in [7, 11) is 0. The Hall–Kier alpha value is -1.35. The highest BCUT2D eigenvalue weighted by Gasteiger charge is 2.12. The Morgan fingerprint density at radius 3 is 2.05 bits per heavy atom. The number of hydrogen-bond acceptors (Lipinski definition) is 3. The fourth-order valence-electron chi connectivity index (χ4n) is 2.21. The summed E-state index contributed by atoms with van der Waals surface area (Å²) in [4.78, 5) is 8.93. The number of aromatic nitrogens is 2. The van der Waals surface area contributed by atoms with E-state index in [2.05, 4.69) is 61.3 Å². The van der Waals surface area contributed by atoms with E-state index in [1.807, 2.05) is 24.2 Å². The lowest BCUT2D eigenvalue weighted by molar-refractivity contribution is 0.411. The van der Waals surface area contributed by atoms with Crippen molar-refractivity contribution >= 4 is 11.8 Å². The van der Waals surface area contributed by atoms with Crippen molar-refractivity contribution in [2.75, 3.05) is 6.26 Å². The topological polar surface area (TPSA) is 25.8 Å². The van der Waals surface area contributed by atoms with Gasteiger partial charge in [0.1, 0.15) is 0 Å². The van der Waals surface area contributed by atoms with Crippen LogP contribution in [0.4, 0.5) is 0 Å². The molecule has 2 rings (SSSR count). The predicted octanol–water partition coefficient (Wildman–Crippen LogP) is 4.60. The van der Waals surface area contributed by atoms with Crippen molar-refractivity contribution in [2.24, 2.45) is 5.41 Å². The van der Waals surface area contributed by atoms with Gasteiger partial charge in [-0.1, -0.05) is 20.8 Å².